The second kappa shape index (κ2) is 14.1. The Morgan fingerprint density at radius 1 is 0.265 bits per heavy atom. The molecule has 4 nitrogen and oxygen atoms in total. The highest BCUT2D eigenvalue weighted by Crippen LogP contribution is 2.26. The van der Waals surface area contributed by atoms with Crippen LogP contribution < -0.4 is 0 Å². The molecule has 49 heavy (non-hydrogen) atoms. The van der Waals surface area contributed by atoms with Crippen LogP contribution in [0.2, 0.25) is 0 Å². The third-order valence-electron chi connectivity index (χ3n) is 9.07. The minimum atomic E-state index is -2.70. The number of fused-ring (bicyclic) bond motifs is 4. The fraction of sp³-hybridized carbons (Fsp3) is 0.0909. The highest BCUT2D eigenvalue weighted by molar-refractivity contribution is 6.53. The van der Waals surface area contributed by atoms with Crippen LogP contribution in [0.1, 0.15) is 22.3 Å². The van der Waals surface area contributed by atoms with Crippen molar-refractivity contribution in [1.29, 1.82) is 0 Å². The Morgan fingerprint density at radius 2 is 0.490 bits per heavy atom. The molecule has 0 heterocycles. The van der Waals surface area contributed by atoms with Gasteiger partial charge in [0, 0.05) is 26.4 Å². The predicted molar refractivity (Wildman–Crippen MR) is 201 cm³/mol. The summed E-state index contributed by atoms with van der Waals surface area (Å²) in [6.45, 7) is -1.71. The predicted octanol–water partition coefficient (Wildman–Crippen LogP) is 10.9. The largest absolute Gasteiger partial charge is 0.532 e. The summed E-state index contributed by atoms with van der Waals surface area (Å²) in [7, 11) is 0. The topological polar surface area (TPSA) is 36.9 Å². The van der Waals surface area contributed by atoms with Crippen molar-refractivity contribution in [2.24, 2.45) is 0 Å². The fourth-order valence-corrected chi connectivity index (χ4v) is 6.40. The molecule has 8 aromatic rings. The molecule has 0 bridgehead atoms. The van der Waals surface area contributed by atoms with Gasteiger partial charge in [-0.3, -0.25) is 0 Å². The van der Waals surface area contributed by atoms with Crippen LogP contribution in [0.3, 0.4) is 0 Å². The van der Waals surface area contributed by atoms with Gasteiger partial charge in [0.05, 0.1) is 0 Å². The summed E-state index contributed by atoms with van der Waals surface area (Å²) in [5.74, 6) is 0. The molecule has 8 rings (SSSR count). The molecule has 8 aromatic carbocycles. The van der Waals surface area contributed by atoms with Crippen molar-refractivity contribution in [2.45, 2.75) is 26.4 Å². The third kappa shape index (κ3) is 7.26. The first kappa shape index (κ1) is 31.0. The van der Waals surface area contributed by atoms with Crippen LogP contribution in [-0.2, 0) is 45.0 Å². The van der Waals surface area contributed by atoms with Gasteiger partial charge in [0.2, 0.25) is 0 Å². The summed E-state index contributed by atoms with van der Waals surface area (Å²) in [6.07, 6.45) is 0. The van der Waals surface area contributed by atoms with Gasteiger partial charge in [0.15, 0.2) is 0 Å². The van der Waals surface area contributed by atoms with E-state index in [1.54, 1.807) is 0 Å². The van der Waals surface area contributed by atoms with E-state index in [2.05, 4.69) is 146 Å². The Morgan fingerprint density at radius 3 is 0.735 bits per heavy atom. The van der Waals surface area contributed by atoms with Crippen molar-refractivity contribution in [2.75, 3.05) is 0 Å². The van der Waals surface area contributed by atoms with Crippen LogP contribution >= 0.6 is 0 Å². The Kier molecular flexibility index (Phi) is 8.89. The average molecular weight is 640 g/mol. The molecule has 240 valence electrons. The van der Waals surface area contributed by atoms with Gasteiger partial charge in [0.1, 0.15) is 0 Å². The van der Waals surface area contributed by atoms with Gasteiger partial charge in [-0.25, -0.2) is 0 Å². The van der Waals surface area contributed by atoms with Crippen LogP contribution in [0.4, 0.5) is 0 Å². The minimum Gasteiger partial charge on any atom is -0.515 e. The maximum atomic E-state index is 6.69. The van der Waals surface area contributed by atoms with Crippen LogP contribution in [-0.4, -0.2) is 6.96 Å². The molecule has 0 unspecified atom stereocenters. The summed E-state index contributed by atoms with van der Waals surface area (Å²) in [6, 6.07) is 58.7. The molecule has 0 aliphatic carbocycles. The van der Waals surface area contributed by atoms with E-state index < -0.39 is 6.96 Å². The van der Waals surface area contributed by atoms with Gasteiger partial charge in [-0.05, 0) is 89.6 Å². The number of hydrogen-bond donors (Lipinski definition) is 0. The van der Waals surface area contributed by atoms with Crippen molar-refractivity contribution in [3.8, 4) is 0 Å². The summed E-state index contributed by atoms with van der Waals surface area (Å²) in [4.78, 5) is 0. The molecule has 5 heteroatoms. The zero-order valence-corrected chi connectivity index (χ0v) is 27.2. The van der Waals surface area contributed by atoms with Gasteiger partial charge in [-0.15, -0.1) is 0 Å². The first-order chi connectivity index (χ1) is 24.2. The zero-order chi connectivity index (χ0) is 32.9. The Bertz CT molecular complexity index is 2050. The first-order valence-corrected chi connectivity index (χ1v) is 16.8. The van der Waals surface area contributed by atoms with Crippen molar-refractivity contribution < 1.29 is 18.6 Å². The van der Waals surface area contributed by atoms with E-state index in [4.69, 9.17) is 18.6 Å². The highest BCUT2D eigenvalue weighted by Gasteiger charge is 2.33. The van der Waals surface area contributed by atoms with E-state index in [1.165, 1.54) is 21.5 Å². The maximum Gasteiger partial charge on any atom is 0.532 e. The second-order valence-electron chi connectivity index (χ2n) is 12.5. The smallest absolute Gasteiger partial charge is 0.515 e. The molecule has 0 aliphatic rings. The molecular formula is C44H36BO4-. The van der Waals surface area contributed by atoms with Crippen molar-refractivity contribution >= 4 is 50.0 Å². The Hall–Kier alpha value is -5.30. The lowest BCUT2D eigenvalue weighted by Crippen LogP contribution is -2.48. The lowest BCUT2D eigenvalue weighted by Gasteiger charge is -2.41. The molecule has 0 radical (unpaired) electrons. The average Bonchev–Trinajstić information content (AvgIpc) is 3.17. The van der Waals surface area contributed by atoms with Crippen molar-refractivity contribution in [1.82, 2.24) is 0 Å². The van der Waals surface area contributed by atoms with E-state index in [-0.39, 0.29) is 26.4 Å². The number of hydrogen-bond acceptors (Lipinski definition) is 4. The standard InChI is InChI=1S/C44H36BO4/c1-5-13-41-25-33(17-21-37(41)9-1)29-46-45(47-30-34-18-22-38-10-2-6-14-42(38)26-34,48-31-35-19-23-39-11-3-7-15-43(39)27-35)49-32-36-20-24-40-12-4-8-16-44(40)28-36/h1-28H,29-32H2/q-1. The quantitative estimate of drug-likeness (QED) is 0.125. The van der Waals surface area contributed by atoms with E-state index in [1.807, 2.05) is 24.3 Å². The number of benzene rings is 8. The van der Waals surface area contributed by atoms with Gasteiger partial charge >= 0.3 is 6.96 Å². The van der Waals surface area contributed by atoms with E-state index >= 15 is 0 Å². The molecule has 0 aromatic heterocycles. The second-order valence-corrected chi connectivity index (χ2v) is 12.5. The molecule has 0 amide bonds. The molecule has 0 atom stereocenters. The van der Waals surface area contributed by atoms with E-state index in [0.29, 0.717) is 0 Å². The molecule has 0 spiro atoms. The van der Waals surface area contributed by atoms with Crippen LogP contribution in [0.5, 0.6) is 0 Å². The molecular weight excluding hydrogens is 603 g/mol. The Balaban J connectivity index is 1.13. The molecule has 0 N–H and O–H groups in total. The third-order valence-corrected chi connectivity index (χ3v) is 9.07. The van der Waals surface area contributed by atoms with Gasteiger partial charge < -0.3 is 18.6 Å². The van der Waals surface area contributed by atoms with Gasteiger partial charge in [-0.2, -0.15) is 0 Å². The van der Waals surface area contributed by atoms with Crippen LogP contribution in [0, 0.1) is 0 Å². The monoisotopic (exact) mass is 639 g/mol. The Labute approximate surface area is 286 Å². The SMILES string of the molecule is c1ccc2cc(CO[B-](OCc3ccc4ccccc4c3)(OCc3ccc4ccccc4c3)OCc3ccc4ccccc4c3)ccc2c1. The molecule has 0 saturated carbocycles. The van der Waals surface area contributed by atoms with Gasteiger partial charge in [-0.1, -0.05) is 146 Å². The van der Waals surface area contributed by atoms with Crippen molar-refractivity contribution in [3.63, 3.8) is 0 Å². The van der Waals surface area contributed by atoms with E-state index in [9.17, 15) is 0 Å². The summed E-state index contributed by atoms with van der Waals surface area (Å²) in [5.41, 5.74) is 4.01. The van der Waals surface area contributed by atoms with E-state index in [0.717, 1.165) is 43.8 Å². The zero-order valence-electron chi connectivity index (χ0n) is 27.2. The summed E-state index contributed by atoms with van der Waals surface area (Å²) < 4.78 is 26.8. The van der Waals surface area contributed by atoms with Crippen molar-refractivity contribution in [3.05, 3.63) is 192 Å². The normalized spacial score (nSPS) is 11.9. The number of rotatable bonds is 12. The first-order valence-electron chi connectivity index (χ1n) is 16.8. The minimum absolute atomic E-state index is 0.248. The lowest BCUT2D eigenvalue weighted by atomic mass is 10.0. The highest BCUT2D eigenvalue weighted by atomic mass is 16.9. The maximum absolute atomic E-state index is 6.69. The summed E-state index contributed by atoms with van der Waals surface area (Å²) in [5, 5.41) is 9.29. The van der Waals surface area contributed by atoms with Crippen LogP contribution in [0.15, 0.2) is 170 Å². The fourth-order valence-electron chi connectivity index (χ4n) is 6.40. The lowest BCUT2D eigenvalue weighted by molar-refractivity contribution is -0.0520. The van der Waals surface area contributed by atoms with Gasteiger partial charge in [0.25, 0.3) is 0 Å². The molecule has 0 saturated heterocycles. The molecule has 0 aliphatic heterocycles. The summed E-state index contributed by atoms with van der Waals surface area (Å²) >= 11 is 0. The van der Waals surface area contributed by atoms with Crippen LogP contribution in [0.25, 0.3) is 43.1 Å². The molecule has 0 fully saturated rings.